The molecule has 2 unspecified atom stereocenters. The number of nitrogens with one attached hydrogen (secondary N) is 1. The van der Waals surface area contributed by atoms with Crippen LogP contribution in [0.3, 0.4) is 0 Å². The molecule has 2 atom stereocenters. The van der Waals surface area contributed by atoms with Gasteiger partial charge in [-0.25, -0.2) is 0 Å². The van der Waals surface area contributed by atoms with Crippen molar-refractivity contribution in [2.24, 2.45) is 9.98 Å². The standard InChI is InChI=1S/C26H23AsF3N6O3S/c1-2-40(38,39)35-13-4-3-5-20(35)23-21-16-31-12-14-36(21,27)24(34-23)17-6-8-18(9-7-17)25(37)33-22-15-19(10-11-32-22)26(28,29)30/h2,6-12,14-16,20H,1,3-5,13H2,(H,32,33,37)/q+1. The maximum atomic E-state index is 13.0. The second-order valence-corrected chi connectivity index (χ2v) is 12.4. The molecule has 1 N–H and O–H groups in total. The first kappa shape index (κ1) is 28.2. The van der Waals surface area contributed by atoms with Crippen LogP contribution >= 0.6 is 0 Å². The number of carbonyl (C=O) groups excluding carboxylic acids is 1. The molecular weight excluding hydrogens is 608 g/mol. The van der Waals surface area contributed by atoms with Crippen LogP contribution in [0.15, 0.2) is 88.4 Å². The molecule has 0 aliphatic carbocycles. The van der Waals surface area contributed by atoms with E-state index in [9.17, 15) is 26.4 Å². The fourth-order valence-corrected chi connectivity index (χ4v) is 6.73. The van der Waals surface area contributed by atoms with Crippen LogP contribution in [-0.4, -0.2) is 68.7 Å². The molecular formula is C26H23AsF3N6O3S+. The summed E-state index contributed by atoms with van der Waals surface area (Å²) in [5.74, 6) is -0.262. The van der Waals surface area contributed by atoms with Crippen molar-refractivity contribution in [2.75, 3.05) is 11.9 Å². The molecule has 3 aliphatic rings. The van der Waals surface area contributed by atoms with Crippen LogP contribution in [-0.2, 0) is 16.2 Å². The van der Waals surface area contributed by atoms with Gasteiger partial charge < -0.3 is 0 Å². The third-order valence-electron chi connectivity index (χ3n) is 6.79. The Labute approximate surface area is 237 Å². The number of fused-ring (bicyclic) bond motifs is 1. The molecule has 2 aromatic rings. The Morgan fingerprint density at radius 1 is 1.20 bits per heavy atom. The van der Waals surface area contributed by atoms with E-state index in [2.05, 4.69) is 39.0 Å². The van der Waals surface area contributed by atoms with Gasteiger partial charge >= 0.3 is 225 Å². The summed E-state index contributed by atoms with van der Waals surface area (Å²) >= 11 is 2.52. The number of hydrogen-bond donors (Lipinski definition) is 1. The number of halogens is 3. The fraction of sp³-hybridized carbons (Fsp3) is 0.231. The molecule has 0 saturated carbocycles. The van der Waals surface area contributed by atoms with E-state index in [0.717, 1.165) is 36.6 Å². The summed E-state index contributed by atoms with van der Waals surface area (Å²) in [6.07, 6.45) is 3.70. The number of alkyl halides is 3. The quantitative estimate of drug-likeness (QED) is 0.485. The number of allylic oxidation sites excluding steroid dienone is 1. The van der Waals surface area contributed by atoms with Crippen molar-refractivity contribution >= 4 is 50.9 Å². The van der Waals surface area contributed by atoms with Crippen molar-refractivity contribution in [2.45, 2.75) is 31.5 Å². The molecule has 5 rings (SSSR count). The average Bonchev–Trinajstić information content (AvgIpc) is 3.25. The number of nitrogens with zero attached hydrogens (tertiary/aromatic N) is 5. The molecule has 9 nitrogen and oxygen atoms in total. The predicted octanol–water partition coefficient (Wildman–Crippen LogP) is 4.11. The van der Waals surface area contributed by atoms with Gasteiger partial charge in [0.15, 0.2) is 0 Å². The third kappa shape index (κ3) is 5.21. The molecule has 4 heterocycles. The zero-order valence-corrected chi connectivity index (χ0v) is 23.6. The molecule has 0 bridgehead atoms. The molecule has 40 heavy (non-hydrogen) atoms. The van der Waals surface area contributed by atoms with Crippen molar-refractivity contribution in [1.82, 2.24) is 9.29 Å². The van der Waals surface area contributed by atoms with Gasteiger partial charge in [0.2, 0.25) is 0 Å². The molecule has 3 aliphatic heterocycles. The first-order valence-corrected chi connectivity index (χ1v) is 14.5. The summed E-state index contributed by atoms with van der Waals surface area (Å²) in [7, 11) is -3.69. The van der Waals surface area contributed by atoms with Gasteiger partial charge in [-0.2, -0.15) is 13.2 Å². The summed E-state index contributed by atoms with van der Waals surface area (Å²) in [5, 5.41) is 3.34. The van der Waals surface area contributed by atoms with Crippen molar-refractivity contribution in [3.05, 3.63) is 95.1 Å². The van der Waals surface area contributed by atoms with E-state index in [1.54, 1.807) is 24.5 Å². The molecule has 2 radical (unpaired) electrons. The van der Waals surface area contributed by atoms with Gasteiger partial charge in [-0.15, -0.1) is 0 Å². The van der Waals surface area contributed by atoms with Crippen molar-refractivity contribution in [3.63, 3.8) is 0 Å². The normalized spacial score (nSPS) is 23.1. The Morgan fingerprint density at radius 3 is 2.65 bits per heavy atom. The Hall–Kier alpha value is -3.38. The molecule has 1 saturated heterocycles. The van der Waals surface area contributed by atoms with Crippen LogP contribution in [0.4, 0.5) is 19.0 Å². The van der Waals surface area contributed by atoms with Crippen LogP contribution in [0.1, 0.15) is 40.7 Å². The van der Waals surface area contributed by atoms with Gasteiger partial charge in [-0.3, -0.25) is 0 Å². The van der Waals surface area contributed by atoms with Crippen LogP contribution in [0.5, 0.6) is 0 Å². The summed E-state index contributed by atoms with van der Waals surface area (Å²) in [5.41, 5.74) is 1.25. The van der Waals surface area contributed by atoms with Gasteiger partial charge in [0.05, 0.1) is 0 Å². The number of amidine groups is 1. The van der Waals surface area contributed by atoms with Crippen LogP contribution < -0.4 is 5.32 Å². The molecule has 1 aromatic heterocycles. The number of rotatable bonds is 6. The predicted molar refractivity (Wildman–Crippen MR) is 144 cm³/mol. The first-order chi connectivity index (χ1) is 18.9. The second-order valence-electron chi connectivity index (χ2n) is 9.26. The van der Waals surface area contributed by atoms with E-state index >= 15 is 0 Å². The molecule has 1 aromatic carbocycles. The number of benzene rings is 1. The molecule has 206 valence electrons. The minimum atomic E-state index is -4.56. The van der Waals surface area contributed by atoms with E-state index in [0.29, 0.717) is 35.8 Å². The number of hydrogen-bond acceptors (Lipinski definition) is 6. The van der Waals surface area contributed by atoms with E-state index in [4.69, 9.17) is 4.99 Å². The van der Waals surface area contributed by atoms with Gasteiger partial charge in [0, 0.05) is 0 Å². The number of anilines is 1. The molecule has 1 amide bonds. The van der Waals surface area contributed by atoms with Crippen molar-refractivity contribution in [3.8, 4) is 0 Å². The monoisotopic (exact) mass is 631 g/mol. The third-order valence-corrected chi connectivity index (χ3v) is 9.43. The minimum absolute atomic E-state index is 0.0873. The number of pyridine rings is 1. The number of amides is 1. The summed E-state index contributed by atoms with van der Waals surface area (Å²) < 4.78 is 66.1. The maximum absolute atomic E-state index is 13.0. The topological polar surface area (TPSA) is 104 Å². The van der Waals surface area contributed by atoms with Gasteiger partial charge in [0.25, 0.3) is 0 Å². The summed E-state index contributed by atoms with van der Waals surface area (Å²) in [6, 6.07) is 7.53. The van der Waals surface area contributed by atoms with E-state index in [1.807, 2.05) is 6.20 Å². The van der Waals surface area contributed by atoms with Gasteiger partial charge in [-0.05, 0) is 0 Å². The number of piperidine rings is 1. The molecule has 14 heteroatoms. The van der Waals surface area contributed by atoms with Crippen LogP contribution in [0, 0.1) is 0 Å². The fourth-order valence-electron chi connectivity index (χ4n) is 4.81. The Kier molecular flexibility index (Phi) is 7.42. The zero-order valence-electron chi connectivity index (χ0n) is 20.9. The Balaban J connectivity index is 1.44. The number of aromatic nitrogens is 1. The molecule has 1 fully saturated rings. The Morgan fingerprint density at radius 2 is 1.95 bits per heavy atom. The van der Waals surface area contributed by atoms with E-state index < -0.39 is 33.7 Å². The summed E-state index contributed by atoms with van der Waals surface area (Å²) in [6.45, 7) is 3.84. The van der Waals surface area contributed by atoms with Crippen molar-refractivity contribution in [1.29, 1.82) is 0 Å². The zero-order chi connectivity index (χ0) is 28.7. The first-order valence-electron chi connectivity index (χ1n) is 12.2. The Bertz CT molecular complexity index is 1600. The number of carbonyl (C=O) groups is 1. The number of quaternary nitrogens is 1. The van der Waals surface area contributed by atoms with Crippen LogP contribution in [0.2, 0.25) is 0 Å². The van der Waals surface area contributed by atoms with Gasteiger partial charge in [-0.1, -0.05) is 0 Å². The SMILES string of the molecule is C=CS(=O)(=O)N1CCCCC1C1=C2C=NC=C[N+]2([As])C(c2ccc(C(=O)Nc3cc(C(F)(F)F)ccn3)cc2)=N1. The number of aliphatic imine (C=N–C) groups is 2. The summed E-state index contributed by atoms with van der Waals surface area (Å²) in [4.78, 5) is 25.7. The second kappa shape index (κ2) is 10.5. The van der Waals surface area contributed by atoms with E-state index in [-0.39, 0.29) is 14.8 Å². The number of sulfonamides is 1. The van der Waals surface area contributed by atoms with Gasteiger partial charge in [0.1, 0.15) is 0 Å². The van der Waals surface area contributed by atoms with Crippen molar-refractivity contribution < 1.29 is 29.8 Å². The van der Waals surface area contributed by atoms with E-state index in [1.165, 1.54) is 16.4 Å². The van der Waals surface area contributed by atoms with Crippen LogP contribution in [0.25, 0.3) is 0 Å². The average molecular weight is 631 g/mol. The molecule has 0 spiro atoms.